The zero-order valence-electron chi connectivity index (χ0n) is 11.2. The van der Waals surface area contributed by atoms with Crippen molar-refractivity contribution >= 4 is 17.8 Å². The van der Waals surface area contributed by atoms with Crippen LogP contribution in [0.25, 0.3) is 0 Å². The molecule has 0 spiro atoms. The number of carboxylic acid groups (broad SMARTS) is 1. The van der Waals surface area contributed by atoms with Gasteiger partial charge in [-0.05, 0) is 5.56 Å². The van der Waals surface area contributed by atoms with Gasteiger partial charge in [0, 0.05) is 12.8 Å². The van der Waals surface area contributed by atoms with E-state index in [4.69, 9.17) is 5.11 Å². The average molecular weight is 279 g/mol. The minimum absolute atomic E-state index is 0.169. The molecule has 0 saturated carbocycles. The maximum Gasteiger partial charge on any atom is 0.328 e. The number of carbonyl (C=O) groups is 3. The van der Waals surface area contributed by atoms with E-state index in [0.29, 0.717) is 6.42 Å². The minimum atomic E-state index is -1.06. The van der Waals surface area contributed by atoms with E-state index in [1.54, 1.807) is 0 Å². The highest BCUT2D eigenvalue weighted by Crippen LogP contribution is 2.05. The Labute approximate surface area is 116 Å². The van der Waals surface area contributed by atoms with Crippen LogP contribution in [0.3, 0.4) is 0 Å². The summed E-state index contributed by atoms with van der Waals surface area (Å²) in [6.45, 7) is 0. The first-order chi connectivity index (χ1) is 9.52. The number of esters is 1. The van der Waals surface area contributed by atoms with Crippen LogP contribution in [-0.2, 0) is 25.5 Å². The fraction of sp³-hybridized carbons (Fsp3) is 0.357. The monoisotopic (exact) mass is 279 g/mol. The molecule has 0 heterocycles. The predicted molar refractivity (Wildman–Crippen MR) is 71.0 cm³/mol. The molecule has 1 atom stereocenters. The van der Waals surface area contributed by atoms with Crippen molar-refractivity contribution in [1.29, 1.82) is 0 Å². The van der Waals surface area contributed by atoms with Crippen molar-refractivity contribution in [2.75, 3.05) is 7.11 Å². The second-order valence-electron chi connectivity index (χ2n) is 4.23. The van der Waals surface area contributed by atoms with Gasteiger partial charge in [0.05, 0.1) is 13.5 Å². The van der Waals surface area contributed by atoms with Gasteiger partial charge in [-0.15, -0.1) is 0 Å². The van der Waals surface area contributed by atoms with E-state index in [0.717, 1.165) is 5.56 Å². The van der Waals surface area contributed by atoms with Gasteiger partial charge >= 0.3 is 11.9 Å². The summed E-state index contributed by atoms with van der Waals surface area (Å²) < 4.78 is 4.64. The maximum atomic E-state index is 11.6. The topological polar surface area (TPSA) is 92.7 Å². The molecule has 0 aliphatic rings. The molecule has 2 N–H and O–H groups in total. The number of carboxylic acids is 1. The van der Waals surface area contributed by atoms with Gasteiger partial charge in [0.1, 0.15) is 6.04 Å². The summed E-state index contributed by atoms with van der Waals surface area (Å²) in [5, 5.41) is 11.0. The number of rotatable bonds is 7. The van der Waals surface area contributed by atoms with E-state index in [2.05, 4.69) is 10.1 Å². The van der Waals surface area contributed by atoms with Crippen molar-refractivity contribution in [3.63, 3.8) is 0 Å². The molecule has 0 fully saturated rings. The molecule has 6 heteroatoms. The molecule has 20 heavy (non-hydrogen) atoms. The van der Waals surface area contributed by atoms with Crippen LogP contribution in [0.4, 0.5) is 0 Å². The Hall–Kier alpha value is -2.37. The van der Waals surface area contributed by atoms with Crippen LogP contribution < -0.4 is 5.32 Å². The highest BCUT2D eigenvalue weighted by atomic mass is 16.5. The minimum Gasteiger partial charge on any atom is -0.481 e. The molecule has 0 bridgehead atoms. The van der Waals surface area contributed by atoms with Gasteiger partial charge in [-0.3, -0.25) is 9.59 Å². The van der Waals surface area contributed by atoms with Crippen LogP contribution in [-0.4, -0.2) is 36.1 Å². The largest absolute Gasteiger partial charge is 0.481 e. The second-order valence-corrected chi connectivity index (χ2v) is 4.23. The van der Waals surface area contributed by atoms with E-state index < -0.39 is 23.9 Å². The number of aliphatic carboxylic acids is 1. The molecule has 6 nitrogen and oxygen atoms in total. The van der Waals surface area contributed by atoms with Gasteiger partial charge < -0.3 is 15.2 Å². The van der Waals surface area contributed by atoms with Crippen LogP contribution in [0.1, 0.15) is 18.4 Å². The lowest BCUT2D eigenvalue weighted by molar-refractivity contribution is -0.145. The molecular formula is C14H17NO5. The molecule has 1 aromatic rings. The third kappa shape index (κ3) is 5.51. The third-order valence-corrected chi connectivity index (χ3v) is 2.67. The summed E-state index contributed by atoms with van der Waals surface area (Å²) in [4.78, 5) is 33.6. The molecule has 108 valence electrons. The van der Waals surface area contributed by atoms with E-state index in [-0.39, 0.29) is 12.8 Å². The summed E-state index contributed by atoms with van der Waals surface area (Å²) in [6, 6.07) is 8.36. The lowest BCUT2D eigenvalue weighted by Crippen LogP contribution is -2.43. The molecule has 0 aliphatic heterocycles. The standard InChI is InChI=1S/C14H17NO5/c1-20-14(19)11(9-10-5-3-2-4-6-10)15-12(16)7-8-13(17)18/h2-6,11H,7-9H2,1H3,(H,15,16)(H,17,18)/t11-/m0/s1. The quantitative estimate of drug-likeness (QED) is 0.718. The number of ether oxygens (including phenoxy) is 1. The van der Waals surface area contributed by atoms with Crippen molar-refractivity contribution in [2.24, 2.45) is 0 Å². The Morgan fingerprint density at radius 1 is 1.20 bits per heavy atom. The van der Waals surface area contributed by atoms with Gasteiger partial charge in [-0.2, -0.15) is 0 Å². The molecule has 1 aromatic carbocycles. The smallest absolute Gasteiger partial charge is 0.328 e. The average Bonchev–Trinajstić information content (AvgIpc) is 2.44. The van der Waals surface area contributed by atoms with Crippen LogP contribution in [0.2, 0.25) is 0 Å². The van der Waals surface area contributed by atoms with Crippen molar-refractivity contribution in [3.05, 3.63) is 35.9 Å². The van der Waals surface area contributed by atoms with Crippen molar-refractivity contribution in [1.82, 2.24) is 5.32 Å². The zero-order valence-corrected chi connectivity index (χ0v) is 11.2. The molecule has 1 amide bonds. The van der Waals surface area contributed by atoms with E-state index in [9.17, 15) is 14.4 Å². The number of carbonyl (C=O) groups excluding carboxylic acids is 2. The number of nitrogens with one attached hydrogen (secondary N) is 1. The Bertz CT molecular complexity index is 472. The highest BCUT2D eigenvalue weighted by Gasteiger charge is 2.22. The molecule has 0 aliphatic carbocycles. The van der Waals surface area contributed by atoms with Crippen LogP contribution in [0, 0.1) is 0 Å². The molecule has 1 rings (SSSR count). The molecule has 0 aromatic heterocycles. The summed E-state index contributed by atoms with van der Waals surface area (Å²) in [5.41, 5.74) is 0.876. The van der Waals surface area contributed by atoms with Gasteiger partial charge in [0.2, 0.25) is 5.91 Å². The van der Waals surface area contributed by atoms with Crippen molar-refractivity contribution in [3.8, 4) is 0 Å². The Morgan fingerprint density at radius 3 is 2.40 bits per heavy atom. The molecule has 0 saturated heterocycles. The molecule has 0 unspecified atom stereocenters. The van der Waals surface area contributed by atoms with E-state index in [1.807, 2.05) is 30.3 Å². The second kappa shape index (κ2) is 7.93. The van der Waals surface area contributed by atoms with Gasteiger partial charge in [0.15, 0.2) is 0 Å². The normalized spacial score (nSPS) is 11.4. The van der Waals surface area contributed by atoms with Crippen LogP contribution in [0.5, 0.6) is 0 Å². The maximum absolute atomic E-state index is 11.6. The Kier molecular flexibility index (Phi) is 6.22. The number of hydrogen-bond donors (Lipinski definition) is 2. The summed E-state index contributed by atoms with van der Waals surface area (Å²) >= 11 is 0. The first-order valence-electron chi connectivity index (χ1n) is 6.16. The lowest BCUT2D eigenvalue weighted by atomic mass is 10.1. The first-order valence-corrected chi connectivity index (χ1v) is 6.16. The van der Waals surface area contributed by atoms with Gasteiger partial charge in [0.25, 0.3) is 0 Å². The first kappa shape index (κ1) is 15.7. The highest BCUT2D eigenvalue weighted by molar-refractivity contribution is 5.86. The third-order valence-electron chi connectivity index (χ3n) is 2.67. The summed E-state index contributed by atoms with van der Waals surface area (Å²) in [7, 11) is 1.24. The van der Waals surface area contributed by atoms with E-state index in [1.165, 1.54) is 7.11 Å². The number of hydrogen-bond acceptors (Lipinski definition) is 4. The van der Waals surface area contributed by atoms with Crippen LogP contribution >= 0.6 is 0 Å². The fourth-order valence-corrected chi connectivity index (χ4v) is 1.67. The summed E-state index contributed by atoms with van der Waals surface area (Å²) in [5.74, 6) is -2.10. The number of benzene rings is 1. The van der Waals surface area contributed by atoms with Crippen LogP contribution in [0.15, 0.2) is 30.3 Å². The number of amides is 1. The Balaban J connectivity index is 2.63. The number of methoxy groups -OCH3 is 1. The Morgan fingerprint density at radius 2 is 1.85 bits per heavy atom. The lowest BCUT2D eigenvalue weighted by Gasteiger charge is -2.16. The van der Waals surface area contributed by atoms with Crippen molar-refractivity contribution < 1.29 is 24.2 Å². The van der Waals surface area contributed by atoms with Gasteiger partial charge in [-0.1, -0.05) is 30.3 Å². The summed E-state index contributed by atoms with van der Waals surface area (Å²) in [6.07, 6.45) is -0.144. The zero-order chi connectivity index (χ0) is 15.0. The van der Waals surface area contributed by atoms with Gasteiger partial charge in [-0.25, -0.2) is 4.79 Å². The molecular weight excluding hydrogens is 262 g/mol. The van der Waals surface area contributed by atoms with Crippen molar-refractivity contribution in [2.45, 2.75) is 25.3 Å². The SMILES string of the molecule is COC(=O)[C@H](Cc1ccccc1)NC(=O)CCC(=O)O. The predicted octanol–water partition coefficient (Wildman–Crippen LogP) is 0.752. The fourth-order valence-electron chi connectivity index (χ4n) is 1.67. The van der Waals surface area contributed by atoms with E-state index >= 15 is 0 Å². The molecule has 0 radical (unpaired) electrons.